The first kappa shape index (κ1) is 28.4. The summed E-state index contributed by atoms with van der Waals surface area (Å²) in [6.07, 6.45) is 1.89. The van der Waals surface area contributed by atoms with Crippen LogP contribution in [-0.4, -0.2) is 63.9 Å². The molecule has 0 saturated carbocycles. The monoisotopic (exact) mass is 546 g/mol. The molecule has 2 aromatic heterocycles. The Balaban J connectivity index is 0.00000190. The van der Waals surface area contributed by atoms with E-state index in [1.165, 1.54) is 0 Å². The maximum Gasteiger partial charge on any atom is 0.263 e. The molecule has 2 aliphatic heterocycles. The molecule has 1 saturated heterocycles. The first-order valence-electron chi connectivity index (χ1n) is 11.6. The molecule has 3 N–H and O–H groups in total. The number of hydrogen-bond acceptors (Lipinski definition) is 8. The van der Waals surface area contributed by atoms with Crippen LogP contribution in [0.1, 0.15) is 17.5 Å². The van der Waals surface area contributed by atoms with Crippen LogP contribution in [0, 0.1) is 11.3 Å². The van der Waals surface area contributed by atoms with E-state index >= 15 is 0 Å². The van der Waals surface area contributed by atoms with Crippen molar-refractivity contribution in [3.8, 4) is 11.8 Å². The Kier molecular flexibility index (Phi) is 9.48. The van der Waals surface area contributed by atoms with E-state index in [9.17, 15) is 20.0 Å². The predicted octanol–water partition coefficient (Wildman–Crippen LogP) is 1.67. The number of anilines is 1. The summed E-state index contributed by atoms with van der Waals surface area (Å²) < 4.78 is 7.11. The summed E-state index contributed by atoms with van der Waals surface area (Å²) in [5.74, 6) is 0.750. The van der Waals surface area contributed by atoms with Gasteiger partial charge in [0.25, 0.3) is 11.5 Å². The van der Waals surface area contributed by atoms with Crippen molar-refractivity contribution in [1.82, 2.24) is 19.8 Å². The van der Waals surface area contributed by atoms with Crippen LogP contribution in [-0.2, 0) is 17.9 Å². The Morgan fingerprint density at radius 2 is 2.00 bits per heavy atom. The number of nitrogens with zero attached hydrogens (tertiary/aromatic N) is 4. The van der Waals surface area contributed by atoms with Crippen molar-refractivity contribution in [2.24, 2.45) is 0 Å². The third-order valence-electron chi connectivity index (χ3n) is 6.52. The number of β-amino-alcohol motifs (C(OH)–C–C–N with tert-alkyl or cyclic N) is 1. The van der Waals surface area contributed by atoms with Crippen molar-refractivity contribution < 1.29 is 14.6 Å². The van der Waals surface area contributed by atoms with Gasteiger partial charge in [-0.05, 0) is 48.2 Å². The van der Waals surface area contributed by atoms with Gasteiger partial charge in [-0.1, -0.05) is 6.07 Å². The molecule has 0 bridgehead atoms. The molecule has 10 nitrogen and oxygen atoms in total. The van der Waals surface area contributed by atoms with Gasteiger partial charge in [-0.3, -0.25) is 14.5 Å². The minimum atomic E-state index is -0.556. The van der Waals surface area contributed by atoms with Crippen LogP contribution in [0.25, 0.3) is 10.9 Å². The number of carbonyl (C=O) groups excluding carboxylic acids is 1. The lowest BCUT2D eigenvalue weighted by Crippen LogP contribution is -2.53. The van der Waals surface area contributed by atoms with Gasteiger partial charge < -0.3 is 25.0 Å². The van der Waals surface area contributed by atoms with E-state index in [2.05, 4.69) is 26.6 Å². The number of fused-ring (bicyclic) bond motifs is 2. The van der Waals surface area contributed by atoms with Gasteiger partial charge in [0.15, 0.2) is 18.2 Å². The fraction of sp³-hybridized carbons (Fsp3) is 0.360. The number of aliphatic hydroxyl groups excluding tert-OH is 1. The van der Waals surface area contributed by atoms with Crippen LogP contribution in [0.2, 0.25) is 0 Å². The Labute approximate surface area is 226 Å². The second-order valence-electron chi connectivity index (χ2n) is 8.88. The van der Waals surface area contributed by atoms with Crippen molar-refractivity contribution >= 4 is 47.4 Å². The molecule has 196 valence electrons. The number of benzene rings is 1. The van der Waals surface area contributed by atoms with Crippen molar-refractivity contribution in [2.75, 3.05) is 31.6 Å². The summed E-state index contributed by atoms with van der Waals surface area (Å²) in [4.78, 5) is 30.3. The third-order valence-corrected chi connectivity index (χ3v) is 6.52. The highest BCUT2D eigenvalue weighted by Gasteiger charge is 2.27. The predicted molar refractivity (Wildman–Crippen MR) is 143 cm³/mol. The van der Waals surface area contributed by atoms with Crippen LogP contribution in [0.4, 0.5) is 5.82 Å². The van der Waals surface area contributed by atoms with Crippen molar-refractivity contribution in [3.63, 3.8) is 0 Å². The highest BCUT2D eigenvalue weighted by atomic mass is 35.5. The Morgan fingerprint density at radius 3 is 2.78 bits per heavy atom. The van der Waals surface area contributed by atoms with E-state index in [1.807, 2.05) is 12.1 Å². The summed E-state index contributed by atoms with van der Waals surface area (Å²) in [6, 6.07) is 12.6. The summed E-state index contributed by atoms with van der Waals surface area (Å²) in [5, 5.41) is 26.9. The van der Waals surface area contributed by atoms with E-state index in [0.717, 1.165) is 29.4 Å². The highest BCUT2D eigenvalue weighted by Crippen LogP contribution is 2.26. The Morgan fingerprint density at radius 1 is 1.19 bits per heavy atom. The number of ether oxygens (including phenoxy) is 1. The second kappa shape index (κ2) is 12.4. The lowest BCUT2D eigenvalue weighted by Gasteiger charge is -2.36. The first-order valence-corrected chi connectivity index (χ1v) is 11.6. The zero-order valence-corrected chi connectivity index (χ0v) is 21.6. The van der Waals surface area contributed by atoms with Crippen LogP contribution >= 0.6 is 24.8 Å². The number of pyridine rings is 2. The number of likely N-dealkylation sites (tertiary alicyclic amines) is 1. The largest absolute Gasteiger partial charge is 0.480 e. The molecule has 0 aliphatic carbocycles. The lowest BCUT2D eigenvalue weighted by atomic mass is 10.0. The van der Waals surface area contributed by atoms with E-state index in [0.29, 0.717) is 43.3 Å². The van der Waals surface area contributed by atoms with Crippen molar-refractivity contribution in [3.05, 3.63) is 64.1 Å². The average molecular weight is 547 g/mol. The van der Waals surface area contributed by atoms with Crippen LogP contribution in [0.3, 0.4) is 0 Å². The molecule has 1 amide bonds. The highest BCUT2D eigenvalue weighted by molar-refractivity contribution is 5.94. The normalized spacial score (nSPS) is 19.0. The molecule has 0 unspecified atom stereocenters. The van der Waals surface area contributed by atoms with E-state index in [4.69, 9.17) is 4.74 Å². The molecule has 5 rings (SSSR count). The molecule has 0 spiro atoms. The minimum absolute atomic E-state index is 0. The van der Waals surface area contributed by atoms with Crippen LogP contribution in [0.15, 0.2) is 47.4 Å². The van der Waals surface area contributed by atoms with Gasteiger partial charge in [0.2, 0.25) is 0 Å². The quantitative estimate of drug-likeness (QED) is 0.425. The molecule has 1 fully saturated rings. The number of nitrogens with one attached hydrogen (secondary N) is 2. The van der Waals surface area contributed by atoms with Crippen molar-refractivity contribution in [2.45, 2.75) is 31.7 Å². The van der Waals surface area contributed by atoms with Gasteiger partial charge >= 0.3 is 0 Å². The summed E-state index contributed by atoms with van der Waals surface area (Å²) >= 11 is 0. The number of halogens is 2. The van der Waals surface area contributed by atoms with Crippen molar-refractivity contribution in [1.29, 1.82) is 5.26 Å². The Hall–Kier alpha value is -3.20. The van der Waals surface area contributed by atoms with Gasteiger partial charge in [-0.25, -0.2) is 4.98 Å². The molecular weight excluding hydrogens is 519 g/mol. The molecule has 2 atom stereocenters. The van der Waals surface area contributed by atoms with Crippen LogP contribution < -0.4 is 20.9 Å². The number of piperidine rings is 1. The number of hydrogen-bond donors (Lipinski definition) is 3. The van der Waals surface area contributed by atoms with Crippen LogP contribution in [0.5, 0.6) is 5.75 Å². The molecular formula is C25H28Cl2N6O4. The fourth-order valence-electron chi connectivity index (χ4n) is 4.61. The molecule has 37 heavy (non-hydrogen) atoms. The van der Waals surface area contributed by atoms with Gasteiger partial charge in [0.1, 0.15) is 0 Å². The van der Waals surface area contributed by atoms with Gasteiger partial charge in [0.05, 0.1) is 23.3 Å². The maximum absolute atomic E-state index is 12.5. The first-order chi connectivity index (χ1) is 17.0. The number of aliphatic hydroxyl groups is 1. The molecule has 0 radical (unpaired) electrons. The van der Waals surface area contributed by atoms with E-state index in [-0.39, 0.29) is 48.9 Å². The minimum Gasteiger partial charge on any atom is -0.480 e. The fourth-order valence-corrected chi connectivity index (χ4v) is 4.61. The van der Waals surface area contributed by atoms with Gasteiger partial charge in [0, 0.05) is 44.5 Å². The lowest BCUT2D eigenvalue weighted by molar-refractivity contribution is -0.118. The molecule has 2 aliphatic rings. The Bertz CT molecular complexity index is 1380. The maximum atomic E-state index is 12.5. The summed E-state index contributed by atoms with van der Waals surface area (Å²) in [6.45, 7) is 2.89. The molecule has 4 heterocycles. The SMILES string of the molecule is Cl.Cl.N#Cc1ccc2ccc(=O)n(CCN3CC[C@H](NCc4cnc5c(c4)OCC(=O)N5)[C@H](O)C3)c2c1. The summed E-state index contributed by atoms with van der Waals surface area (Å²) in [5.41, 5.74) is 2.06. The van der Waals surface area contributed by atoms with Gasteiger partial charge in [-0.2, -0.15) is 5.26 Å². The second-order valence-corrected chi connectivity index (χ2v) is 8.88. The number of rotatable bonds is 6. The van der Waals surface area contributed by atoms with E-state index < -0.39 is 6.10 Å². The number of amides is 1. The third kappa shape index (κ3) is 6.39. The number of nitriles is 1. The zero-order chi connectivity index (χ0) is 24.4. The number of aromatic nitrogens is 2. The topological polar surface area (TPSA) is 133 Å². The molecule has 12 heteroatoms. The number of carbonyl (C=O) groups is 1. The molecule has 3 aromatic rings. The van der Waals surface area contributed by atoms with Gasteiger partial charge in [-0.15, -0.1) is 24.8 Å². The zero-order valence-electron chi connectivity index (χ0n) is 19.9. The van der Waals surface area contributed by atoms with E-state index in [1.54, 1.807) is 35.0 Å². The molecule has 1 aromatic carbocycles. The standard InChI is InChI=1S/C25H26N6O4.2ClH/c26-11-16-1-2-18-3-4-24(34)31(20(18)9-16)8-7-30-6-5-19(21(32)14-30)27-12-17-10-22-25(28-13-17)29-23(33)15-35-22;;/h1-4,9-10,13,19,21,27,32H,5-8,12,14-15H2,(H,28,29,33);2*1H/t19-,21+;;/m0../s1. The summed E-state index contributed by atoms with van der Waals surface area (Å²) in [7, 11) is 0. The smallest absolute Gasteiger partial charge is 0.263 e. The average Bonchev–Trinajstić information content (AvgIpc) is 2.87.